The molecule has 9 heteroatoms. The first kappa shape index (κ1) is 24.7. The second kappa shape index (κ2) is 9.13. The molecular weight excluding hydrogens is 442 g/mol. The number of ether oxygens (including phenoxy) is 2. The molecule has 0 spiro atoms. The summed E-state index contributed by atoms with van der Waals surface area (Å²) in [6.07, 6.45) is 0.979. The van der Waals surface area contributed by atoms with Gasteiger partial charge in [0.2, 0.25) is 0 Å². The van der Waals surface area contributed by atoms with E-state index in [4.69, 9.17) is 9.47 Å². The number of amides is 2. The van der Waals surface area contributed by atoms with Gasteiger partial charge in [0, 0.05) is 29.5 Å². The molecule has 2 aromatic carbocycles. The summed E-state index contributed by atoms with van der Waals surface area (Å²) in [5.74, 6) is 0.739. The summed E-state index contributed by atoms with van der Waals surface area (Å²) >= 11 is 0. The molecule has 1 aliphatic rings. The van der Waals surface area contributed by atoms with Crippen molar-refractivity contribution in [3.8, 4) is 11.5 Å². The van der Waals surface area contributed by atoms with E-state index in [-0.39, 0.29) is 16.2 Å². The standard InChI is InChI=1S/C24H33N3O5S/c1-8-27-20-11-15(2)19(13-18(20)16(3)14-24(27,4)5)25-23(28)26-33(29,30)22-12-17(31-6)9-10-21(22)32-7/h9-13,16H,8,14H2,1-7H3,(H2,25,26,28). The van der Waals surface area contributed by atoms with Crippen LogP contribution in [0.4, 0.5) is 16.2 Å². The van der Waals surface area contributed by atoms with Crippen LogP contribution in [0.15, 0.2) is 35.2 Å². The van der Waals surface area contributed by atoms with E-state index >= 15 is 0 Å². The molecule has 3 rings (SSSR count). The summed E-state index contributed by atoms with van der Waals surface area (Å²) in [6.45, 7) is 11.6. The Labute approximate surface area is 196 Å². The van der Waals surface area contributed by atoms with Gasteiger partial charge in [-0.25, -0.2) is 17.9 Å². The summed E-state index contributed by atoms with van der Waals surface area (Å²) < 4.78 is 38.1. The first-order valence-electron chi connectivity index (χ1n) is 10.9. The fourth-order valence-corrected chi connectivity index (χ4v) is 5.78. The zero-order valence-electron chi connectivity index (χ0n) is 20.3. The molecule has 0 fully saturated rings. The Morgan fingerprint density at radius 2 is 1.88 bits per heavy atom. The molecule has 0 saturated heterocycles. The predicted molar refractivity (Wildman–Crippen MR) is 130 cm³/mol. The first-order chi connectivity index (χ1) is 15.4. The van der Waals surface area contributed by atoms with Crippen LogP contribution in [0.3, 0.4) is 0 Å². The zero-order valence-corrected chi connectivity index (χ0v) is 21.1. The SMILES string of the molecule is CCN1c2cc(C)c(NC(=O)NS(=O)(=O)c3cc(OC)ccc3OC)cc2C(C)CC1(C)C. The third kappa shape index (κ3) is 4.88. The number of aryl methyl sites for hydroxylation is 1. The van der Waals surface area contributed by atoms with Crippen LogP contribution in [0.25, 0.3) is 0 Å². The highest BCUT2D eigenvalue weighted by atomic mass is 32.2. The van der Waals surface area contributed by atoms with Gasteiger partial charge in [0.25, 0.3) is 10.0 Å². The second-order valence-electron chi connectivity index (χ2n) is 8.96. The normalized spacial score (nSPS) is 17.2. The maximum absolute atomic E-state index is 12.9. The number of carbonyl (C=O) groups excluding carboxylic acids is 1. The molecule has 1 atom stereocenters. The smallest absolute Gasteiger partial charge is 0.333 e. The van der Waals surface area contributed by atoms with Crippen molar-refractivity contribution < 1.29 is 22.7 Å². The number of urea groups is 1. The topological polar surface area (TPSA) is 97.0 Å². The van der Waals surface area contributed by atoms with E-state index in [2.05, 4.69) is 48.7 Å². The number of nitrogens with one attached hydrogen (secondary N) is 2. The number of hydrogen-bond acceptors (Lipinski definition) is 6. The van der Waals surface area contributed by atoms with Crippen LogP contribution >= 0.6 is 0 Å². The fourth-order valence-electron chi connectivity index (χ4n) is 4.69. The van der Waals surface area contributed by atoms with Crippen LogP contribution in [0.1, 0.15) is 51.2 Å². The minimum atomic E-state index is -4.20. The number of rotatable bonds is 6. The number of fused-ring (bicyclic) bond motifs is 1. The van der Waals surface area contributed by atoms with Gasteiger partial charge in [-0.1, -0.05) is 6.92 Å². The summed E-state index contributed by atoms with van der Waals surface area (Å²) in [6, 6.07) is 7.52. The number of hydrogen-bond donors (Lipinski definition) is 2. The van der Waals surface area contributed by atoms with Crippen molar-refractivity contribution in [3.63, 3.8) is 0 Å². The lowest BCUT2D eigenvalue weighted by atomic mass is 9.79. The first-order valence-corrected chi connectivity index (χ1v) is 12.4. The van der Waals surface area contributed by atoms with Crippen LogP contribution in [0.2, 0.25) is 0 Å². The van der Waals surface area contributed by atoms with Crippen LogP contribution in [0, 0.1) is 6.92 Å². The third-order valence-corrected chi connectivity index (χ3v) is 7.54. The molecule has 1 aliphatic heterocycles. The molecule has 2 amide bonds. The molecular formula is C24H33N3O5S. The Bertz CT molecular complexity index is 1160. The van der Waals surface area contributed by atoms with Crippen LogP contribution in [-0.4, -0.2) is 40.8 Å². The van der Waals surface area contributed by atoms with Crippen molar-refractivity contribution in [1.29, 1.82) is 0 Å². The molecule has 0 radical (unpaired) electrons. The Kier molecular flexibility index (Phi) is 6.83. The molecule has 1 unspecified atom stereocenters. The summed E-state index contributed by atoms with van der Waals surface area (Å²) in [4.78, 5) is 14.9. The van der Waals surface area contributed by atoms with Gasteiger partial charge in [-0.2, -0.15) is 0 Å². The second-order valence-corrected chi connectivity index (χ2v) is 10.6. The molecule has 33 heavy (non-hydrogen) atoms. The van der Waals surface area contributed by atoms with Gasteiger partial charge in [-0.15, -0.1) is 0 Å². The van der Waals surface area contributed by atoms with Crippen LogP contribution < -0.4 is 24.4 Å². The van der Waals surface area contributed by atoms with Gasteiger partial charge in [0.15, 0.2) is 0 Å². The number of methoxy groups -OCH3 is 2. The minimum absolute atomic E-state index is 0.0315. The van der Waals surface area contributed by atoms with E-state index in [1.165, 1.54) is 26.4 Å². The zero-order chi connectivity index (χ0) is 24.6. The molecule has 180 valence electrons. The van der Waals surface area contributed by atoms with E-state index in [0.29, 0.717) is 17.4 Å². The van der Waals surface area contributed by atoms with Gasteiger partial charge < -0.3 is 19.7 Å². The van der Waals surface area contributed by atoms with Gasteiger partial charge in [-0.05, 0) is 75.4 Å². The quantitative estimate of drug-likeness (QED) is 0.632. The summed E-state index contributed by atoms with van der Waals surface area (Å²) in [5, 5.41) is 2.71. The fraction of sp³-hybridized carbons (Fsp3) is 0.458. The minimum Gasteiger partial charge on any atom is -0.497 e. The highest BCUT2D eigenvalue weighted by Gasteiger charge is 2.36. The lowest BCUT2D eigenvalue weighted by molar-refractivity contribution is 0.256. The number of carbonyl (C=O) groups is 1. The highest BCUT2D eigenvalue weighted by Crippen LogP contribution is 2.45. The lowest BCUT2D eigenvalue weighted by Gasteiger charge is -2.47. The van der Waals surface area contributed by atoms with Crippen molar-refractivity contribution in [2.45, 2.75) is 57.4 Å². The van der Waals surface area contributed by atoms with Crippen molar-refractivity contribution >= 4 is 27.4 Å². The summed E-state index contributed by atoms with van der Waals surface area (Å²) in [5.41, 5.74) is 3.74. The van der Waals surface area contributed by atoms with E-state index in [9.17, 15) is 13.2 Å². The molecule has 0 aliphatic carbocycles. The Balaban J connectivity index is 1.88. The van der Waals surface area contributed by atoms with Gasteiger partial charge in [0.1, 0.15) is 16.4 Å². The van der Waals surface area contributed by atoms with E-state index < -0.39 is 16.1 Å². The summed E-state index contributed by atoms with van der Waals surface area (Å²) in [7, 11) is -1.41. The average molecular weight is 476 g/mol. The number of sulfonamides is 1. The monoisotopic (exact) mass is 475 g/mol. The van der Waals surface area contributed by atoms with Gasteiger partial charge in [-0.3, -0.25) is 0 Å². The Morgan fingerprint density at radius 1 is 1.18 bits per heavy atom. The van der Waals surface area contributed by atoms with E-state index in [1.807, 2.05) is 13.0 Å². The molecule has 0 aromatic heterocycles. The van der Waals surface area contributed by atoms with Crippen LogP contribution in [0.5, 0.6) is 11.5 Å². The number of benzene rings is 2. The Hall–Kier alpha value is -2.94. The molecule has 8 nitrogen and oxygen atoms in total. The van der Waals surface area contributed by atoms with Gasteiger partial charge in [0.05, 0.1) is 14.2 Å². The molecule has 0 saturated carbocycles. The Morgan fingerprint density at radius 3 is 2.48 bits per heavy atom. The third-order valence-electron chi connectivity index (χ3n) is 6.18. The highest BCUT2D eigenvalue weighted by molar-refractivity contribution is 7.90. The molecule has 2 N–H and O–H groups in total. The average Bonchev–Trinajstić information content (AvgIpc) is 2.73. The number of anilines is 2. The lowest BCUT2D eigenvalue weighted by Crippen LogP contribution is -2.48. The van der Waals surface area contributed by atoms with Gasteiger partial charge >= 0.3 is 6.03 Å². The van der Waals surface area contributed by atoms with E-state index in [1.54, 1.807) is 6.07 Å². The largest absolute Gasteiger partial charge is 0.497 e. The van der Waals surface area contributed by atoms with E-state index in [0.717, 1.165) is 29.8 Å². The predicted octanol–water partition coefficient (Wildman–Crippen LogP) is 4.63. The van der Waals surface area contributed by atoms with Crippen molar-refractivity contribution in [2.75, 3.05) is 31.0 Å². The van der Waals surface area contributed by atoms with Crippen molar-refractivity contribution in [1.82, 2.24) is 4.72 Å². The number of nitrogens with zero attached hydrogens (tertiary/aromatic N) is 1. The maximum atomic E-state index is 12.9. The van der Waals surface area contributed by atoms with Crippen molar-refractivity contribution in [2.24, 2.45) is 0 Å². The molecule has 2 aromatic rings. The maximum Gasteiger partial charge on any atom is 0.333 e. The van der Waals surface area contributed by atoms with Crippen LogP contribution in [-0.2, 0) is 10.0 Å². The molecule has 0 bridgehead atoms. The molecule has 1 heterocycles. The van der Waals surface area contributed by atoms with Crippen molar-refractivity contribution in [3.05, 3.63) is 41.5 Å².